The number of sulfone groups is 1. The van der Waals surface area contributed by atoms with Crippen molar-refractivity contribution in [1.82, 2.24) is 4.98 Å². The molecule has 1 heterocycles. The summed E-state index contributed by atoms with van der Waals surface area (Å²) in [6.45, 7) is 7.54. The maximum absolute atomic E-state index is 12.3. The van der Waals surface area contributed by atoms with Crippen LogP contribution in [0.3, 0.4) is 0 Å². The second-order valence-electron chi connectivity index (χ2n) is 6.62. The molecular weight excluding hydrogens is 396 g/mol. The van der Waals surface area contributed by atoms with E-state index in [1.165, 1.54) is 23.9 Å². The third kappa shape index (κ3) is 4.39. The molecule has 0 bridgehead atoms. The van der Waals surface area contributed by atoms with Gasteiger partial charge in [0.15, 0.2) is 15.4 Å². The van der Waals surface area contributed by atoms with Crippen molar-refractivity contribution in [3.63, 3.8) is 0 Å². The molecule has 3 aromatic rings. The minimum absolute atomic E-state index is 0.0238. The number of aromatic nitrogens is 1. The lowest BCUT2D eigenvalue weighted by Crippen LogP contribution is -2.15. The highest BCUT2D eigenvalue weighted by Crippen LogP contribution is 2.27. The van der Waals surface area contributed by atoms with E-state index in [1.807, 2.05) is 32.9 Å². The lowest BCUT2D eigenvalue weighted by atomic mass is 10.1. The van der Waals surface area contributed by atoms with Gasteiger partial charge in [-0.1, -0.05) is 36.4 Å². The van der Waals surface area contributed by atoms with Gasteiger partial charge in [0.25, 0.3) is 5.22 Å². The van der Waals surface area contributed by atoms with Crippen LogP contribution in [0.4, 0.5) is 5.69 Å². The summed E-state index contributed by atoms with van der Waals surface area (Å²) < 4.78 is 29.6. The number of anilines is 1. The van der Waals surface area contributed by atoms with Gasteiger partial charge in [-0.3, -0.25) is 4.79 Å². The van der Waals surface area contributed by atoms with Gasteiger partial charge in [0.05, 0.1) is 16.4 Å². The summed E-state index contributed by atoms with van der Waals surface area (Å²) in [5.74, 6) is 0.00641. The molecule has 148 valence electrons. The summed E-state index contributed by atoms with van der Waals surface area (Å²) >= 11 is 1.17. The molecule has 6 nitrogen and oxygen atoms in total. The van der Waals surface area contributed by atoms with Crippen molar-refractivity contribution < 1.29 is 17.6 Å². The van der Waals surface area contributed by atoms with E-state index in [-0.39, 0.29) is 22.3 Å². The van der Waals surface area contributed by atoms with Crippen LogP contribution in [0, 0.1) is 20.8 Å². The standard InChI is InChI=1S/C20H22N2O4S2/c1-5-28(24,25)15-6-7-17-16(10-15)21-20(26-17)27-11-18(23)22-19-13(3)8-12(2)9-14(19)4/h6-10H,5,11H2,1-4H3,(H,22,23). The van der Waals surface area contributed by atoms with Crippen molar-refractivity contribution in [1.29, 1.82) is 0 Å². The zero-order valence-electron chi connectivity index (χ0n) is 16.2. The maximum atomic E-state index is 12.3. The first kappa shape index (κ1) is 20.4. The van der Waals surface area contributed by atoms with E-state index in [4.69, 9.17) is 4.42 Å². The largest absolute Gasteiger partial charge is 0.431 e. The minimum Gasteiger partial charge on any atom is -0.431 e. The second-order valence-corrected chi connectivity index (χ2v) is 9.83. The first-order valence-corrected chi connectivity index (χ1v) is 11.5. The summed E-state index contributed by atoms with van der Waals surface area (Å²) in [7, 11) is -3.30. The molecule has 2 aromatic carbocycles. The normalized spacial score (nSPS) is 11.7. The van der Waals surface area contributed by atoms with Crippen molar-refractivity contribution in [2.45, 2.75) is 37.8 Å². The van der Waals surface area contributed by atoms with Crippen molar-refractivity contribution in [3.05, 3.63) is 47.0 Å². The number of aryl methyl sites for hydroxylation is 3. The molecule has 3 rings (SSSR count). The van der Waals surface area contributed by atoms with Crippen LogP contribution >= 0.6 is 11.8 Å². The number of benzene rings is 2. The third-order valence-electron chi connectivity index (χ3n) is 4.35. The molecule has 0 saturated heterocycles. The fourth-order valence-electron chi connectivity index (χ4n) is 2.99. The van der Waals surface area contributed by atoms with Crippen molar-refractivity contribution in [3.8, 4) is 0 Å². The highest BCUT2D eigenvalue weighted by Gasteiger charge is 2.16. The van der Waals surface area contributed by atoms with Gasteiger partial charge in [0, 0.05) is 5.69 Å². The Bertz CT molecular complexity index is 1130. The van der Waals surface area contributed by atoms with Gasteiger partial charge in [-0.05, 0) is 50.1 Å². The maximum Gasteiger partial charge on any atom is 0.257 e. The van der Waals surface area contributed by atoms with Crippen LogP contribution in [0.1, 0.15) is 23.6 Å². The molecule has 0 unspecified atom stereocenters. The monoisotopic (exact) mass is 418 g/mol. The molecule has 8 heteroatoms. The fraction of sp³-hybridized carbons (Fsp3) is 0.300. The van der Waals surface area contributed by atoms with Crippen molar-refractivity contribution in [2.75, 3.05) is 16.8 Å². The van der Waals surface area contributed by atoms with Crippen LogP contribution < -0.4 is 5.32 Å². The quantitative estimate of drug-likeness (QED) is 0.601. The Labute approximate surface area is 168 Å². The van der Waals surface area contributed by atoms with Gasteiger partial charge >= 0.3 is 0 Å². The van der Waals surface area contributed by atoms with Gasteiger partial charge in [-0.15, -0.1) is 0 Å². The van der Waals surface area contributed by atoms with E-state index >= 15 is 0 Å². The number of carbonyl (C=O) groups excluding carboxylic acids is 1. The molecule has 1 N–H and O–H groups in total. The zero-order valence-corrected chi connectivity index (χ0v) is 17.8. The highest BCUT2D eigenvalue weighted by atomic mass is 32.2. The van der Waals surface area contributed by atoms with E-state index in [1.54, 1.807) is 13.0 Å². The van der Waals surface area contributed by atoms with E-state index < -0.39 is 9.84 Å². The molecule has 0 aliphatic carbocycles. The Morgan fingerprint density at radius 3 is 2.46 bits per heavy atom. The number of oxazole rings is 1. The van der Waals surface area contributed by atoms with Crippen LogP contribution in [0.5, 0.6) is 0 Å². The van der Waals surface area contributed by atoms with Crippen LogP contribution in [-0.2, 0) is 14.6 Å². The van der Waals surface area contributed by atoms with E-state index in [9.17, 15) is 13.2 Å². The van der Waals surface area contributed by atoms with E-state index in [2.05, 4.69) is 10.3 Å². The Balaban J connectivity index is 1.71. The number of nitrogens with one attached hydrogen (secondary N) is 1. The second kappa shape index (κ2) is 7.97. The van der Waals surface area contributed by atoms with Gasteiger partial charge in [-0.2, -0.15) is 0 Å². The lowest BCUT2D eigenvalue weighted by molar-refractivity contribution is -0.113. The first-order valence-electron chi connectivity index (χ1n) is 8.83. The van der Waals surface area contributed by atoms with Crippen molar-refractivity contribution in [2.24, 2.45) is 0 Å². The predicted molar refractivity (Wildman–Crippen MR) is 112 cm³/mol. The Hall–Kier alpha value is -2.32. The van der Waals surface area contributed by atoms with E-state index in [0.717, 1.165) is 22.4 Å². The average molecular weight is 419 g/mol. The molecule has 0 saturated carbocycles. The smallest absolute Gasteiger partial charge is 0.257 e. The lowest BCUT2D eigenvalue weighted by Gasteiger charge is -2.12. The molecule has 1 amide bonds. The number of hydrogen-bond donors (Lipinski definition) is 1. The number of fused-ring (bicyclic) bond motifs is 1. The molecule has 0 aliphatic heterocycles. The topological polar surface area (TPSA) is 89.3 Å². The third-order valence-corrected chi connectivity index (χ3v) is 6.91. The van der Waals surface area contributed by atoms with Gasteiger partial charge in [0.2, 0.25) is 5.91 Å². The molecule has 1 aromatic heterocycles. The number of amides is 1. The molecular formula is C20H22N2O4S2. The molecule has 0 aliphatic rings. The van der Waals surface area contributed by atoms with Crippen LogP contribution in [0.25, 0.3) is 11.1 Å². The average Bonchev–Trinajstić information content (AvgIpc) is 3.05. The van der Waals surface area contributed by atoms with Crippen LogP contribution in [0.15, 0.2) is 44.9 Å². The number of thioether (sulfide) groups is 1. The molecule has 0 atom stereocenters. The summed E-state index contributed by atoms with van der Waals surface area (Å²) in [5.41, 5.74) is 4.96. The van der Waals surface area contributed by atoms with Crippen molar-refractivity contribution >= 4 is 44.3 Å². The Kier molecular flexibility index (Phi) is 5.81. The Morgan fingerprint density at radius 1 is 1.14 bits per heavy atom. The summed E-state index contributed by atoms with van der Waals surface area (Å²) in [4.78, 5) is 16.9. The number of nitrogens with zero attached hydrogens (tertiary/aromatic N) is 1. The first-order chi connectivity index (χ1) is 13.2. The molecule has 0 radical (unpaired) electrons. The van der Waals surface area contributed by atoms with Gasteiger partial charge in [-0.25, -0.2) is 13.4 Å². The molecule has 28 heavy (non-hydrogen) atoms. The number of hydrogen-bond acceptors (Lipinski definition) is 6. The summed E-state index contributed by atoms with van der Waals surface area (Å²) in [6, 6.07) is 8.66. The molecule has 0 fully saturated rings. The number of carbonyl (C=O) groups is 1. The van der Waals surface area contributed by atoms with Crippen LogP contribution in [0.2, 0.25) is 0 Å². The van der Waals surface area contributed by atoms with Gasteiger partial charge < -0.3 is 9.73 Å². The van der Waals surface area contributed by atoms with Gasteiger partial charge in [0.1, 0.15) is 5.52 Å². The minimum atomic E-state index is -3.30. The Morgan fingerprint density at radius 2 is 1.82 bits per heavy atom. The molecule has 0 spiro atoms. The zero-order chi connectivity index (χ0) is 20.5. The summed E-state index contributed by atoms with van der Waals surface area (Å²) in [5, 5.41) is 3.27. The number of rotatable bonds is 6. The summed E-state index contributed by atoms with van der Waals surface area (Å²) in [6.07, 6.45) is 0. The highest BCUT2D eigenvalue weighted by molar-refractivity contribution is 7.99. The van der Waals surface area contributed by atoms with Crippen LogP contribution in [-0.4, -0.2) is 30.8 Å². The SMILES string of the molecule is CCS(=O)(=O)c1ccc2oc(SCC(=O)Nc3c(C)cc(C)cc3C)nc2c1. The fourth-order valence-corrected chi connectivity index (χ4v) is 4.53. The predicted octanol–water partition coefficient (Wildman–Crippen LogP) is 4.28. The van der Waals surface area contributed by atoms with E-state index in [0.29, 0.717) is 16.3 Å².